The van der Waals surface area contributed by atoms with Crippen LogP contribution in [0, 0.1) is 12.7 Å². The van der Waals surface area contributed by atoms with Crippen LogP contribution in [0.15, 0.2) is 72.8 Å². The zero-order valence-electron chi connectivity index (χ0n) is 19.7. The summed E-state index contributed by atoms with van der Waals surface area (Å²) in [6.45, 7) is 7.51. The quantitative estimate of drug-likeness (QED) is 0.408. The van der Waals surface area contributed by atoms with Gasteiger partial charge in [-0.1, -0.05) is 48.5 Å². The first-order chi connectivity index (χ1) is 15.9. The van der Waals surface area contributed by atoms with Crippen LogP contribution in [0.2, 0.25) is 0 Å². The summed E-state index contributed by atoms with van der Waals surface area (Å²) in [5, 5.41) is 0. The van der Waals surface area contributed by atoms with Crippen LogP contribution < -0.4 is 4.31 Å². The van der Waals surface area contributed by atoms with Crippen LogP contribution in [0.3, 0.4) is 0 Å². The van der Waals surface area contributed by atoms with E-state index < -0.39 is 0 Å². The molecule has 172 valence electrons. The molecule has 0 aromatic heterocycles. The van der Waals surface area contributed by atoms with Crippen molar-refractivity contribution in [3.05, 3.63) is 89.7 Å². The van der Waals surface area contributed by atoms with Crippen LogP contribution in [-0.2, 0) is 6.54 Å². The molecular weight excluding hydrogens is 429 g/mol. The number of anilines is 1. The molecule has 0 N–H and O–H groups in total. The maximum Gasteiger partial charge on any atom is 0.125 e. The number of likely N-dealkylation sites (tertiary alicyclic amines) is 1. The minimum absolute atomic E-state index is 0.0339. The highest BCUT2D eigenvalue weighted by molar-refractivity contribution is 7.98. The average molecular weight is 462 g/mol. The summed E-state index contributed by atoms with van der Waals surface area (Å²) < 4.78 is 18.6. The number of halogens is 1. The van der Waals surface area contributed by atoms with Crippen molar-refractivity contribution in [1.82, 2.24) is 9.21 Å². The summed E-state index contributed by atoms with van der Waals surface area (Å²) in [6, 6.07) is 25.1. The van der Waals surface area contributed by atoms with Crippen LogP contribution in [0.25, 0.3) is 11.1 Å². The lowest BCUT2D eigenvalue weighted by atomic mass is 9.82. The standard InChI is InChI=1S/C28H32FN3S/c1-21-8-4-5-13-27(21)24-10-6-9-23(16-24)19-31-15-14-28(18-22(31)2)20-30(3)33-32(28)26-12-7-11-25(29)17-26/h4-13,16-17,22H,14-15,18-20H2,1-3H3/t22-,28+/m0/s1. The van der Waals surface area contributed by atoms with E-state index in [4.69, 9.17) is 0 Å². The lowest BCUT2D eigenvalue weighted by molar-refractivity contribution is 0.100. The van der Waals surface area contributed by atoms with Gasteiger partial charge in [0.15, 0.2) is 0 Å². The highest BCUT2D eigenvalue weighted by Gasteiger charge is 2.48. The zero-order chi connectivity index (χ0) is 23.0. The van der Waals surface area contributed by atoms with Gasteiger partial charge in [-0.2, -0.15) is 0 Å². The van der Waals surface area contributed by atoms with Gasteiger partial charge in [0.05, 0.1) is 11.2 Å². The number of aryl methyl sites for hydroxylation is 1. The minimum atomic E-state index is -0.170. The molecule has 5 heteroatoms. The highest BCUT2D eigenvalue weighted by Crippen LogP contribution is 2.46. The molecule has 0 aliphatic carbocycles. The molecule has 3 aromatic rings. The number of nitrogens with zero attached hydrogens (tertiary/aromatic N) is 3. The second-order valence-electron chi connectivity index (χ2n) is 9.66. The summed E-state index contributed by atoms with van der Waals surface area (Å²) in [5.41, 5.74) is 6.27. The van der Waals surface area contributed by atoms with E-state index in [1.165, 1.54) is 28.3 Å². The molecular formula is C28H32FN3S. The second-order valence-corrected chi connectivity index (χ2v) is 10.8. The maximum atomic E-state index is 14.0. The molecule has 2 fully saturated rings. The molecule has 2 saturated heterocycles. The van der Waals surface area contributed by atoms with E-state index in [1.54, 1.807) is 18.2 Å². The summed E-state index contributed by atoms with van der Waals surface area (Å²) >= 11 is 1.72. The Morgan fingerprint density at radius 1 is 1.03 bits per heavy atom. The predicted molar refractivity (Wildman–Crippen MR) is 138 cm³/mol. The Morgan fingerprint density at radius 3 is 2.64 bits per heavy atom. The Hall–Kier alpha value is -2.34. The van der Waals surface area contributed by atoms with Crippen LogP contribution in [-0.4, -0.2) is 40.9 Å². The third kappa shape index (κ3) is 4.54. The minimum Gasteiger partial charge on any atom is -0.296 e. The Bertz CT molecular complexity index is 1140. The van der Waals surface area contributed by atoms with Crippen LogP contribution in [0.4, 0.5) is 10.1 Å². The molecule has 2 aliphatic rings. The molecule has 2 heterocycles. The van der Waals surface area contributed by atoms with Gasteiger partial charge in [0.1, 0.15) is 5.82 Å². The van der Waals surface area contributed by atoms with Crippen molar-refractivity contribution in [2.24, 2.45) is 0 Å². The topological polar surface area (TPSA) is 9.72 Å². The van der Waals surface area contributed by atoms with Crippen molar-refractivity contribution in [2.45, 2.75) is 44.8 Å². The van der Waals surface area contributed by atoms with Crippen molar-refractivity contribution in [3.63, 3.8) is 0 Å². The fraction of sp³-hybridized carbons (Fsp3) is 0.357. The van der Waals surface area contributed by atoms with Gasteiger partial charge in [0, 0.05) is 37.8 Å². The summed E-state index contributed by atoms with van der Waals surface area (Å²) in [7, 11) is 2.14. The number of piperidine rings is 1. The fourth-order valence-electron chi connectivity index (χ4n) is 5.54. The Balaban J connectivity index is 1.33. The van der Waals surface area contributed by atoms with E-state index in [0.29, 0.717) is 6.04 Å². The molecule has 2 atom stereocenters. The van der Waals surface area contributed by atoms with E-state index >= 15 is 0 Å². The average Bonchev–Trinajstić information content (AvgIpc) is 3.11. The van der Waals surface area contributed by atoms with E-state index in [2.05, 4.69) is 82.9 Å². The van der Waals surface area contributed by atoms with E-state index in [1.807, 2.05) is 12.1 Å². The third-order valence-corrected chi connectivity index (χ3v) is 8.31. The van der Waals surface area contributed by atoms with E-state index in [9.17, 15) is 4.39 Å². The van der Waals surface area contributed by atoms with Crippen LogP contribution >= 0.6 is 12.1 Å². The molecule has 3 nitrogen and oxygen atoms in total. The predicted octanol–water partition coefficient (Wildman–Crippen LogP) is 6.54. The molecule has 0 saturated carbocycles. The van der Waals surface area contributed by atoms with Gasteiger partial charge in [-0.05, 0) is 80.3 Å². The van der Waals surface area contributed by atoms with Crippen molar-refractivity contribution in [1.29, 1.82) is 0 Å². The molecule has 0 unspecified atom stereocenters. The van der Waals surface area contributed by atoms with Gasteiger partial charge in [0.25, 0.3) is 0 Å². The molecule has 0 amide bonds. The highest BCUT2D eigenvalue weighted by atomic mass is 32.2. The first-order valence-electron chi connectivity index (χ1n) is 11.8. The Morgan fingerprint density at radius 2 is 1.85 bits per heavy atom. The molecule has 0 radical (unpaired) electrons. The van der Waals surface area contributed by atoms with Gasteiger partial charge >= 0.3 is 0 Å². The lowest BCUT2D eigenvalue weighted by Crippen LogP contribution is -2.56. The van der Waals surface area contributed by atoms with Gasteiger partial charge < -0.3 is 0 Å². The smallest absolute Gasteiger partial charge is 0.125 e. The number of benzene rings is 3. The molecule has 33 heavy (non-hydrogen) atoms. The SMILES string of the molecule is Cc1ccccc1-c1cccc(CN2CC[C@@]3(C[C@@H]2C)CN(C)SN3c2cccc(F)c2)c1. The monoisotopic (exact) mass is 461 g/mol. The van der Waals surface area contributed by atoms with E-state index in [-0.39, 0.29) is 11.4 Å². The van der Waals surface area contributed by atoms with Crippen molar-refractivity contribution in [3.8, 4) is 11.1 Å². The van der Waals surface area contributed by atoms with Crippen molar-refractivity contribution < 1.29 is 4.39 Å². The van der Waals surface area contributed by atoms with Gasteiger partial charge in [0.2, 0.25) is 0 Å². The lowest BCUT2D eigenvalue weighted by Gasteiger charge is -2.47. The Kier molecular flexibility index (Phi) is 6.21. The first kappa shape index (κ1) is 22.5. The molecule has 1 spiro atoms. The number of hydrogen-bond acceptors (Lipinski definition) is 4. The fourth-order valence-corrected chi connectivity index (χ4v) is 6.72. The van der Waals surface area contributed by atoms with Crippen molar-refractivity contribution >= 4 is 17.8 Å². The zero-order valence-corrected chi connectivity index (χ0v) is 20.5. The van der Waals surface area contributed by atoms with Gasteiger partial charge in [-0.15, -0.1) is 0 Å². The summed E-state index contributed by atoms with van der Waals surface area (Å²) in [6.07, 6.45) is 2.14. The maximum absolute atomic E-state index is 14.0. The molecule has 0 bridgehead atoms. The van der Waals surface area contributed by atoms with E-state index in [0.717, 1.165) is 38.2 Å². The van der Waals surface area contributed by atoms with Crippen LogP contribution in [0.1, 0.15) is 30.9 Å². The number of rotatable bonds is 4. The molecule has 5 rings (SSSR count). The van der Waals surface area contributed by atoms with Crippen molar-refractivity contribution in [2.75, 3.05) is 24.4 Å². The Labute approximate surface area is 201 Å². The molecule has 2 aliphatic heterocycles. The first-order valence-corrected chi connectivity index (χ1v) is 12.5. The summed E-state index contributed by atoms with van der Waals surface area (Å²) in [5.74, 6) is -0.170. The van der Waals surface area contributed by atoms with Gasteiger partial charge in [-0.3, -0.25) is 9.21 Å². The second kappa shape index (κ2) is 9.13. The molecule has 3 aromatic carbocycles. The normalized spacial score (nSPS) is 24.0. The largest absolute Gasteiger partial charge is 0.296 e. The summed E-state index contributed by atoms with van der Waals surface area (Å²) in [4.78, 5) is 2.61. The third-order valence-electron chi connectivity index (χ3n) is 7.14. The number of hydrogen-bond donors (Lipinski definition) is 0. The van der Waals surface area contributed by atoms with Crippen LogP contribution in [0.5, 0.6) is 0 Å². The number of likely N-dealkylation sites (N-methyl/N-ethyl adjacent to an activating group) is 1. The van der Waals surface area contributed by atoms with Gasteiger partial charge in [-0.25, -0.2) is 8.70 Å².